The van der Waals surface area contributed by atoms with Gasteiger partial charge in [-0.25, -0.2) is 13.1 Å². The minimum Gasteiger partial charge on any atom is -0.382 e. The monoisotopic (exact) mass is 317 g/mol. The third-order valence-electron chi connectivity index (χ3n) is 2.86. The second kappa shape index (κ2) is 6.16. The van der Waals surface area contributed by atoms with Crippen LogP contribution in [0.4, 0.5) is 5.69 Å². The maximum absolute atomic E-state index is 12.1. The van der Waals surface area contributed by atoms with E-state index < -0.39 is 44.1 Å². The Bertz CT molecular complexity index is 685. The van der Waals surface area contributed by atoms with Crippen LogP contribution in [0.3, 0.4) is 0 Å². The molecule has 4 N–H and O–H groups in total. The van der Waals surface area contributed by atoms with Gasteiger partial charge in [0, 0.05) is 12.6 Å². The number of hydrogen-bond acceptors (Lipinski definition) is 6. The molecule has 0 aliphatic carbocycles. The number of rotatable bonds is 6. The van der Waals surface area contributed by atoms with Crippen LogP contribution in [-0.4, -0.2) is 37.0 Å². The molecule has 1 unspecified atom stereocenters. The van der Waals surface area contributed by atoms with E-state index in [1.807, 2.05) is 4.72 Å². The van der Waals surface area contributed by atoms with Gasteiger partial charge < -0.3 is 10.8 Å². The number of amides is 1. The topological polar surface area (TPSA) is 153 Å². The molecule has 1 aromatic carbocycles. The van der Waals surface area contributed by atoms with Crippen LogP contribution >= 0.6 is 0 Å². The molecular formula is C11H15N3O6S. The molecule has 0 radical (unpaired) electrons. The molecule has 21 heavy (non-hydrogen) atoms. The van der Waals surface area contributed by atoms with Crippen molar-refractivity contribution in [3.63, 3.8) is 0 Å². The summed E-state index contributed by atoms with van der Waals surface area (Å²) < 4.78 is 26.1. The highest BCUT2D eigenvalue weighted by Crippen LogP contribution is 2.27. The van der Waals surface area contributed by atoms with E-state index in [1.165, 1.54) is 0 Å². The summed E-state index contributed by atoms with van der Waals surface area (Å²) in [5.74, 6) is -1.10. The van der Waals surface area contributed by atoms with Crippen molar-refractivity contribution in [1.82, 2.24) is 4.72 Å². The maximum Gasteiger partial charge on any atom is 0.289 e. The zero-order valence-corrected chi connectivity index (χ0v) is 12.2. The molecule has 0 saturated heterocycles. The van der Waals surface area contributed by atoms with Gasteiger partial charge in [0.15, 0.2) is 4.90 Å². The minimum atomic E-state index is -4.26. The fourth-order valence-corrected chi connectivity index (χ4v) is 2.77. The van der Waals surface area contributed by atoms with Gasteiger partial charge >= 0.3 is 0 Å². The smallest absolute Gasteiger partial charge is 0.289 e. The van der Waals surface area contributed by atoms with E-state index in [-0.39, 0.29) is 0 Å². The number of nitrogens with two attached hydrogens (primary N) is 1. The number of aliphatic hydroxyl groups is 1. The summed E-state index contributed by atoms with van der Waals surface area (Å²) in [4.78, 5) is 20.3. The predicted molar refractivity (Wildman–Crippen MR) is 73.0 cm³/mol. The number of aryl methyl sites for hydroxylation is 2. The number of benzene rings is 1. The second-order valence-electron chi connectivity index (χ2n) is 4.43. The average molecular weight is 317 g/mol. The Morgan fingerprint density at radius 1 is 1.43 bits per heavy atom. The molecule has 0 spiro atoms. The Morgan fingerprint density at radius 3 is 2.43 bits per heavy atom. The number of primary amides is 1. The highest BCUT2D eigenvalue weighted by molar-refractivity contribution is 7.89. The molecule has 1 atom stereocenters. The van der Waals surface area contributed by atoms with Crippen LogP contribution in [0.2, 0.25) is 0 Å². The number of nitro benzene ring substituents is 1. The van der Waals surface area contributed by atoms with Gasteiger partial charge in [0.25, 0.3) is 5.69 Å². The summed E-state index contributed by atoms with van der Waals surface area (Å²) in [6, 6.07) is 2.31. The third-order valence-corrected chi connectivity index (χ3v) is 4.31. The number of sulfonamides is 1. The largest absolute Gasteiger partial charge is 0.382 e. The number of hydrogen-bond donors (Lipinski definition) is 3. The van der Waals surface area contributed by atoms with Gasteiger partial charge in [0.2, 0.25) is 15.9 Å². The summed E-state index contributed by atoms with van der Waals surface area (Å²) in [7, 11) is -4.26. The predicted octanol–water partition coefficient (Wildman–Crippen LogP) is -0.664. The van der Waals surface area contributed by atoms with E-state index in [2.05, 4.69) is 0 Å². The first-order valence-corrected chi connectivity index (χ1v) is 7.27. The zero-order valence-electron chi connectivity index (χ0n) is 11.4. The van der Waals surface area contributed by atoms with Crippen LogP contribution in [0.25, 0.3) is 0 Å². The summed E-state index contributed by atoms with van der Waals surface area (Å²) in [6.45, 7) is 2.56. The lowest BCUT2D eigenvalue weighted by Gasteiger charge is -2.11. The van der Waals surface area contributed by atoms with Gasteiger partial charge in [-0.3, -0.25) is 14.9 Å². The van der Waals surface area contributed by atoms with Crippen molar-refractivity contribution in [3.8, 4) is 0 Å². The minimum absolute atomic E-state index is 0.535. The molecule has 10 heteroatoms. The van der Waals surface area contributed by atoms with E-state index in [4.69, 9.17) is 5.73 Å². The van der Waals surface area contributed by atoms with Crippen molar-refractivity contribution >= 4 is 21.6 Å². The molecule has 0 heterocycles. The van der Waals surface area contributed by atoms with Gasteiger partial charge in [-0.1, -0.05) is 0 Å². The van der Waals surface area contributed by atoms with Crippen LogP contribution in [0, 0.1) is 24.0 Å². The lowest BCUT2D eigenvalue weighted by atomic mass is 10.1. The van der Waals surface area contributed by atoms with E-state index in [1.54, 1.807) is 13.8 Å². The molecular weight excluding hydrogens is 302 g/mol. The van der Waals surface area contributed by atoms with Gasteiger partial charge in [-0.05, 0) is 31.0 Å². The Morgan fingerprint density at radius 2 is 1.95 bits per heavy atom. The Labute approximate surface area is 121 Å². The molecule has 0 aliphatic heterocycles. The molecule has 9 nitrogen and oxygen atoms in total. The third kappa shape index (κ3) is 3.97. The SMILES string of the molecule is Cc1cc([N+](=O)[O-])c(S(=O)(=O)NCC(O)C(N)=O)cc1C. The number of nitrogens with one attached hydrogen (secondary N) is 1. The quantitative estimate of drug-likeness (QED) is 0.467. The molecule has 0 bridgehead atoms. The van der Waals surface area contributed by atoms with Gasteiger partial charge in [-0.15, -0.1) is 0 Å². The normalized spacial score (nSPS) is 12.9. The number of carbonyl (C=O) groups is 1. The van der Waals surface area contributed by atoms with Crippen molar-refractivity contribution in [3.05, 3.63) is 33.4 Å². The van der Waals surface area contributed by atoms with E-state index in [0.29, 0.717) is 11.1 Å². The van der Waals surface area contributed by atoms with Gasteiger partial charge in [-0.2, -0.15) is 0 Å². The summed E-state index contributed by atoms with van der Waals surface area (Å²) in [5, 5.41) is 20.1. The van der Waals surface area contributed by atoms with Crippen molar-refractivity contribution in [2.75, 3.05) is 6.54 Å². The average Bonchev–Trinajstić information content (AvgIpc) is 2.38. The Balaban J connectivity index is 3.22. The van der Waals surface area contributed by atoms with Crippen LogP contribution in [0.15, 0.2) is 17.0 Å². The Hall–Kier alpha value is -2.04. The number of carbonyl (C=O) groups excluding carboxylic acids is 1. The van der Waals surface area contributed by atoms with Crippen LogP contribution in [-0.2, 0) is 14.8 Å². The van der Waals surface area contributed by atoms with Crippen molar-refractivity contribution in [2.45, 2.75) is 24.8 Å². The summed E-state index contributed by atoms with van der Waals surface area (Å²) in [6.07, 6.45) is -1.72. The zero-order chi connectivity index (χ0) is 16.4. The first-order valence-electron chi connectivity index (χ1n) is 5.79. The van der Waals surface area contributed by atoms with Crippen LogP contribution in [0.1, 0.15) is 11.1 Å². The van der Waals surface area contributed by atoms with E-state index in [9.17, 15) is 28.4 Å². The number of nitrogens with zero attached hydrogens (tertiary/aromatic N) is 1. The standard InChI is InChI=1S/C11H15N3O6S/c1-6-3-8(14(17)18)10(4-7(6)2)21(19,20)13-5-9(15)11(12)16/h3-4,9,13,15H,5H2,1-2H3,(H2,12,16). The highest BCUT2D eigenvalue weighted by Gasteiger charge is 2.27. The lowest BCUT2D eigenvalue weighted by Crippen LogP contribution is -2.40. The molecule has 0 fully saturated rings. The summed E-state index contributed by atoms with van der Waals surface area (Å²) in [5.41, 5.74) is 5.33. The maximum atomic E-state index is 12.1. The Kier molecular flexibility index (Phi) is 4.99. The molecule has 1 rings (SSSR count). The molecule has 0 aromatic heterocycles. The first-order chi connectivity index (χ1) is 9.56. The fraction of sp³-hybridized carbons (Fsp3) is 0.364. The van der Waals surface area contributed by atoms with E-state index in [0.717, 1.165) is 12.1 Å². The highest BCUT2D eigenvalue weighted by atomic mass is 32.2. The fourth-order valence-electron chi connectivity index (χ4n) is 1.50. The van der Waals surface area contributed by atoms with E-state index >= 15 is 0 Å². The molecule has 0 saturated carbocycles. The first kappa shape index (κ1) is 17.0. The molecule has 116 valence electrons. The van der Waals surface area contributed by atoms with Crippen LogP contribution < -0.4 is 10.5 Å². The van der Waals surface area contributed by atoms with Gasteiger partial charge in [0.05, 0.1) is 4.92 Å². The molecule has 0 aliphatic rings. The van der Waals surface area contributed by atoms with Crippen molar-refractivity contribution in [1.29, 1.82) is 0 Å². The second-order valence-corrected chi connectivity index (χ2v) is 6.17. The molecule has 1 amide bonds. The summed E-state index contributed by atoms with van der Waals surface area (Å²) >= 11 is 0. The molecule has 1 aromatic rings. The van der Waals surface area contributed by atoms with Crippen LogP contribution in [0.5, 0.6) is 0 Å². The number of nitro groups is 1. The van der Waals surface area contributed by atoms with Crippen molar-refractivity contribution < 1.29 is 23.2 Å². The van der Waals surface area contributed by atoms with Crippen molar-refractivity contribution in [2.24, 2.45) is 5.73 Å². The van der Waals surface area contributed by atoms with Gasteiger partial charge in [0.1, 0.15) is 6.10 Å². The lowest BCUT2D eigenvalue weighted by molar-refractivity contribution is -0.387. The number of aliphatic hydroxyl groups excluding tert-OH is 1.